The van der Waals surface area contributed by atoms with Gasteiger partial charge in [-0.3, -0.25) is 5.10 Å². The summed E-state index contributed by atoms with van der Waals surface area (Å²) in [6, 6.07) is 3.76. The van der Waals surface area contributed by atoms with E-state index >= 15 is 0 Å². The summed E-state index contributed by atoms with van der Waals surface area (Å²) < 4.78 is 12.3. The number of aryl methyl sites for hydroxylation is 2. The number of carbonyl (C=O) groups excluding carboxylic acids is 1. The van der Waals surface area contributed by atoms with Crippen LogP contribution in [0.2, 0.25) is 0 Å². The average molecular weight is 351 g/mol. The number of ether oxygens (including phenoxy) is 1. The van der Waals surface area contributed by atoms with Crippen LogP contribution in [0.3, 0.4) is 0 Å². The predicted molar refractivity (Wildman–Crippen MR) is 93.7 cm³/mol. The number of pyridine rings is 1. The Balaban J connectivity index is 1.79. The molecule has 0 saturated heterocycles. The lowest BCUT2D eigenvalue weighted by molar-refractivity contribution is 0.0491. The van der Waals surface area contributed by atoms with Crippen LogP contribution in [0.5, 0.6) is 0 Å². The number of aromatic amines is 1. The second-order valence-corrected chi connectivity index (χ2v) is 5.86. The molecule has 4 aromatic heterocycles. The van der Waals surface area contributed by atoms with Gasteiger partial charge in [0.1, 0.15) is 0 Å². The van der Waals surface area contributed by atoms with Crippen LogP contribution in [-0.2, 0) is 4.74 Å². The van der Waals surface area contributed by atoms with Gasteiger partial charge in [0.2, 0.25) is 11.7 Å². The maximum atomic E-state index is 11.8. The van der Waals surface area contributed by atoms with Gasteiger partial charge in [0.15, 0.2) is 0 Å². The van der Waals surface area contributed by atoms with Crippen molar-refractivity contribution in [1.29, 1.82) is 0 Å². The number of aromatic nitrogens is 5. The minimum absolute atomic E-state index is 0.0805. The Bertz CT molecular complexity index is 1090. The molecule has 0 spiro atoms. The van der Waals surface area contributed by atoms with Gasteiger partial charge in [-0.15, -0.1) is 0 Å². The number of esters is 1. The summed E-state index contributed by atoms with van der Waals surface area (Å²) in [5.74, 6) is -0.0951. The Kier molecular flexibility index (Phi) is 3.80. The van der Waals surface area contributed by atoms with Crippen LogP contribution in [0.1, 0.15) is 28.9 Å². The largest absolute Gasteiger partial charge is 0.460 e. The number of H-pyrrole nitrogens is 1. The Morgan fingerprint density at radius 1 is 1.35 bits per heavy atom. The third-order valence-electron chi connectivity index (χ3n) is 4.15. The lowest BCUT2D eigenvalue weighted by Crippen LogP contribution is -2.02. The molecular formula is C18H17N5O3. The zero-order chi connectivity index (χ0) is 18.3. The fourth-order valence-corrected chi connectivity index (χ4v) is 2.96. The molecule has 4 rings (SSSR count). The number of nitrogens with one attached hydrogen (secondary N) is 1. The number of rotatable bonds is 4. The van der Waals surface area contributed by atoms with Gasteiger partial charge >= 0.3 is 5.97 Å². The highest BCUT2D eigenvalue weighted by atomic mass is 16.5. The minimum atomic E-state index is -0.526. The van der Waals surface area contributed by atoms with E-state index < -0.39 is 5.97 Å². The lowest BCUT2D eigenvalue weighted by Gasteiger charge is -2.02. The first-order valence-electron chi connectivity index (χ1n) is 8.21. The molecule has 4 aromatic rings. The fraction of sp³-hybridized carbons (Fsp3) is 0.222. The Morgan fingerprint density at radius 2 is 2.19 bits per heavy atom. The molecule has 0 bridgehead atoms. The van der Waals surface area contributed by atoms with E-state index in [1.165, 1.54) is 6.20 Å². The van der Waals surface area contributed by atoms with Gasteiger partial charge in [0.05, 0.1) is 30.2 Å². The van der Waals surface area contributed by atoms with Crippen LogP contribution in [0, 0.1) is 13.8 Å². The second-order valence-electron chi connectivity index (χ2n) is 5.86. The Hall–Kier alpha value is -3.42. The van der Waals surface area contributed by atoms with E-state index in [2.05, 4.69) is 20.3 Å². The lowest BCUT2D eigenvalue weighted by atomic mass is 10.0. The van der Waals surface area contributed by atoms with Gasteiger partial charge in [0, 0.05) is 28.6 Å². The molecule has 1 N–H and O–H groups in total. The summed E-state index contributed by atoms with van der Waals surface area (Å²) in [6.45, 7) is 5.95. The topological polar surface area (TPSA) is 98.3 Å². The first kappa shape index (κ1) is 16.1. The number of oxazole rings is 1. The molecule has 132 valence electrons. The molecule has 0 amide bonds. The van der Waals surface area contributed by atoms with Gasteiger partial charge in [-0.25, -0.2) is 14.3 Å². The van der Waals surface area contributed by atoms with E-state index in [-0.39, 0.29) is 12.4 Å². The van der Waals surface area contributed by atoms with Crippen molar-refractivity contribution in [2.24, 2.45) is 0 Å². The summed E-state index contributed by atoms with van der Waals surface area (Å²) in [7, 11) is 0. The number of fused-ring (bicyclic) bond motifs is 1. The zero-order valence-corrected chi connectivity index (χ0v) is 14.6. The number of carbonyl (C=O) groups is 1. The molecule has 8 nitrogen and oxygen atoms in total. The van der Waals surface area contributed by atoms with Crippen molar-refractivity contribution in [1.82, 2.24) is 24.8 Å². The van der Waals surface area contributed by atoms with Crippen LogP contribution < -0.4 is 0 Å². The van der Waals surface area contributed by atoms with Crippen LogP contribution in [0.15, 0.2) is 35.1 Å². The molecule has 0 saturated carbocycles. The van der Waals surface area contributed by atoms with E-state index in [4.69, 9.17) is 9.15 Å². The van der Waals surface area contributed by atoms with E-state index in [1.54, 1.807) is 11.4 Å². The second kappa shape index (κ2) is 6.14. The molecule has 0 aliphatic rings. The fourth-order valence-electron chi connectivity index (χ4n) is 2.96. The zero-order valence-electron chi connectivity index (χ0n) is 14.6. The third kappa shape index (κ3) is 2.55. The van der Waals surface area contributed by atoms with Crippen molar-refractivity contribution in [2.75, 3.05) is 6.61 Å². The molecule has 0 aliphatic heterocycles. The molecule has 0 fully saturated rings. The standard InChI is InChI=1S/C18H17N5O3/c1-4-25-18(24)15-9-19-17(26-15)12-5-6-23-14(7-12)13(8-20-23)16-10(2)21-22-11(16)3/h5-9H,4H2,1-3H3,(H,21,22). The Labute approximate surface area is 148 Å². The molecule has 0 aromatic carbocycles. The first-order chi connectivity index (χ1) is 12.6. The summed E-state index contributed by atoms with van der Waals surface area (Å²) in [6.07, 6.45) is 5.01. The molecule has 0 radical (unpaired) electrons. The van der Waals surface area contributed by atoms with Crippen LogP contribution >= 0.6 is 0 Å². The summed E-state index contributed by atoms with van der Waals surface area (Å²) in [4.78, 5) is 16.0. The SMILES string of the molecule is CCOC(=O)c1cnc(-c2ccn3ncc(-c4c(C)n[nH]c4C)c3c2)o1. The number of hydrogen-bond donors (Lipinski definition) is 1. The average Bonchev–Trinajstić information content (AvgIpc) is 3.34. The summed E-state index contributed by atoms with van der Waals surface area (Å²) >= 11 is 0. The normalized spacial score (nSPS) is 11.2. The van der Waals surface area contributed by atoms with Crippen molar-refractivity contribution in [3.05, 3.63) is 47.9 Å². The van der Waals surface area contributed by atoms with E-state index in [9.17, 15) is 4.79 Å². The van der Waals surface area contributed by atoms with Crippen molar-refractivity contribution in [3.8, 4) is 22.6 Å². The van der Waals surface area contributed by atoms with Crippen molar-refractivity contribution in [3.63, 3.8) is 0 Å². The van der Waals surface area contributed by atoms with E-state index in [1.807, 2.05) is 38.4 Å². The molecule has 0 unspecified atom stereocenters. The van der Waals surface area contributed by atoms with Crippen LogP contribution in [0.4, 0.5) is 0 Å². The summed E-state index contributed by atoms with van der Waals surface area (Å²) in [5, 5.41) is 11.6. The molecule has 26 heavy (non-hydrogen) atoms. The highest BCUT2D eigenvalue weighted by molar-refractivity contribution is 5.87. The molecule has 0 atom stereocenters. The third-order valence-corrected chi connectivity index (χ3v) is 4.15. The van der Waals surface area contributed by atoms with Crippen LogP contribution in [-0.4, -0.2) is 37.4 Å². The monoisotopic (exact) mass is 351 g/mol. The predicted octanol–water partition coefficient (Wildman–Crippen LogP) is 3.17. The number of hydrogen-bond acceptors (Lipinski definition) is 6. The molecule has 8 heteroatoms. The highest BCUT2D eigenvalue weighted by Gasteiger charge is 2.17. The summed E-state index contributed by atoms with van der Waals surface area (Å²) in [5.41, 5.74) is 5.51. The first-order valence-corrected chi connectivity index (χ1v) is 8.21. The highest BCUT2D eigenvalue weighted by Crippen LogP contribution is 2.31. The quantitative estimate of drug-likeness (QED) is 0.567. The van der Waals surface area contributed by atoms with Gasteiger partial charge in [-0.2, -0.15) is 10.2 Å². The number of nitrogens with zero attached hydrogens (tertiary/aromatic N) is 4. The molecular weight excluding hydrogens is 334 g/mol. The van der Waals surface area contributed by atoms with Crippen molar-refractivity contribution >= 4 is 11.5 Å². The van der Waals surface area contributed by atoms with Gasteiger partial charge in [-0.1, -0.05) is 0 Å². The van der Waals surface area contributed by atoms with Gasteiger partial charge in [0.25, 0.3) is 0 Å². The molecule has 0 aliphatic carbocycles. The van der Waals surface area contributed by atoms with Crippen molar-refractivity contribution < 1.29 is 13.9 Å². The van der Waals surface area contributed by atoms with Crippen LogP contribution in [0.25, 0.3) is 28.1 Å². The Morgan fingerprint density at radius 3 is 2.92 bits per heavy atom. The minimum Gasteiger partial charge on any atom is -0.460 e. The smallest absolute Gasteiger partial charge is 0.375 e. The van der Waals surface area contributed by atoms with Gasteiger partial charge < -0.3 is 9.15 Å². The maximum Gasteiger partial charge on any atom is 0.375 e. The van der Waals surface area contributed by atoms with E-state index in [0.717, 1.165) is 33.6 Å². The molecule has 4 heterocycles. The van der Waals surface area contributed by atoms with Gasteiger partial charge in [-0.05, 0) is 32.9 Å². The maximum absolute atomic E-state index is 11.8. The van der Waals surface area contributed by atoms with E-state index in [0.29, 0.717) is 5.89 Å². The van der Waals surface area contributed by atoms with Crippen molar-refractivity contribution in [2.45, 2.75) is 20.8 Å².